The van der Waals surface area contributed by atoms with Gasteiger partial charge in [0.05, 0.1) is 12.8 Å². The van der Waals surface area contributed by atoms with E-state index in [0.717, 1.165) is 40.5 Å². The molecular formula is C17H24N2O2S. The maximum Gasteiger partial charge on any atom is 0.305 e. The molecule has 0 bridgehead atoms. The molecule has 0 aliphatic carbocycles. The first-order chi connectivity index (χ1) is 10.5. The summed E-state index contributed by atoms with van der Waals surface area (Å²) in [6.45, 7) is 6.04. The third-order valence-electron chi connectivity index (χ3n) is 3.65. The zero-order valence-electron chi connectivity index (χ0n) is 13.7. The van der Waals surface area contributed by atoms with Gasteiger partial charge < -0.3 is 14.6 Å². The van der Waals surface area contributed by atoms with Gasteiger partial charge in [-0.05, 0) is 39.1 Å². The molecule has 1 N–H and O–H groups in total. The highest BCUT2D eigenvalue weighted by atomic mass is 32.1. The van der Waals surface area contributed by atoms with E-state index in [-0.39, 0.29) is 4.87 Å². The second-order valence-electron chi connectivity index (χ2n) is 5.61. The number of hydrogen-bond donors (Lipinski definition) is 1. The quantitative estimate of drug-likeness (QED) is 0.847. The van der Waals surface area contributed by atoms with Crippen LogP contribution < -0.4 is 9.61 Å². The van der Waals surface area contributed by atoms with Crippen LogP contribution in [0.15, 0.2) is 23.0 Å². The first kappa shape index (κ1) is 16.8. The summed E-state index contributed by atoms with van der Waals surface area (Å²) in [5, 5.41) is 0. The van der Waals surface area contributed by atoms with Crippen molar-refractivity contribution in [2.24, 2.45) is 0 Å². The smallest absolute Gasteiger partial charge is 0.305 e. The number of nitrogens with one attached hydrogen (secondary N) is 1. The monoisotopic (exact) mass is 320 g/mol. The lowest BCUT2D eigenvalue weighted by Crippen LogP contribution is -2.18. The van der Waals surface area contributed by atoms with E-state index in [0.29, 0.717) is 0 Å². The lowest BCUT2D eigenvalue weighted by molar-refractivity contribution is 0.323. The summed E-state index contributed by atoms with van der Waals surface area (Å²) in [5.41, 5.74) is 2.99. The van der Waals surface area contributed by atoms with Crippen molar-refractivity contribution >= 4 is 11.3 Å². The molecule has 0 radical (unpaired) electrons. The van der Waals surface area contributed by atoms with Gasteiger partial charge in [0, 0.05) is 17.0 Å². The van der Waals surface area contributed by atoms with Crippen LogP contribution in [-0.4, -0.2) is 30.6 Å². The van der Waals surface area contributed by atoms with Gasteiger partial charge in [-0.1, -0.05) is 36.3 Å². The largest absolute Gasteiger partial charge is 0.496 e. The summed E-state index contributed by atoms with van der Waals surface area (Å²) in [5.74, 6) is 0.789. The average molecular weight is 320 g/mol. The predicted molar refractivity (Wildman–Crippen MR) is 92.9 cm³/mol. The van der Waals surface area contributed by atoms with Crippen LogP contribution in [0.1, 0.15) is 30.2 Å². The van der Waals surface area contributed by atoms with Crippen LogP contribution in [0.25, 0.3) is 11.3 Å². The topological polar surface area (TPSA) is 45.3 Å². The van der Waals surface area contributed by atoms with Crippen LogP contribution in [0, 0.1) is 6.92 Å². The number of methoxy groups -OCH3 is 1. The second-order valence-corrected chi connectivity index (χ2v) is 6.68. The highest BCUT2D eigenvalue weighted by Crippen LogP contribution is 2.33. The lowest BCUT2D eigenvalue weighted by atomic mass is 10.1. The summed E-state index contributed by atoms with van der Waals surface area (Å²) in [7, 11) is 3.75. The first-order valence-corrected chi connectivity index (χ1v) is 8.42. The van der Waals surface area contributed by atoms with Crippen molar-refractivity contribution in [1.82, 2.24) is 9.88 Å². The molecule has 0 aliphatic heterocycles. The van der Waals surface area contributed by atoms with E-state index < -0.39 is 0 Å². The van der Waals surface area contributed by atoms with Gasteiger partial charge in [0.25, 0.3) is 0 Å². The number of hydrogen-bond acceptors (Lipinski definition) is 4. The molecule has 0 saturated carbocycles. The summed E-state index contributed by atoms with van der Waals surface area (Å²) >= 11 is 1.29. The van der Waals surface area contributed by atoms with Crippen molar-refractivity contribution in [2.75, 3.05) is 20.7 Å². The van der Waals surface area contributed by atoms with Crippen LogP contribution in [0.5, 0.6) is 5.75 Å². The van der Waals surface area contributed by atoms with E-state index in [1.165, 1.54) is 24.2 Å². The molecule has 0 atom stereocenters. The molecule has 0 fully saturated rings. The Morgan fingerprint density at radius 1 is 1.36 bits per heavy atom. The molecule has 0 aliphatic rings. The molecule has 2 aromatic rings. The van der Waals surface area contributed by atoms with Crippen LogP contribution in [-0.2, 0) is 6.54 Å². The Hall–Kier alpha value is -1.59. The van der Waals surface area contributed by atoms with Crippen molar-refractivity contribution in [2.45, 2.75) is 33.2 Å². The maximum atomic E-state index is 11.9. The van der Waals surface area contributed by atoms with Crippen molar-refractivity contribution in [3.63, 3.8) is 0 Å². The minimum atomic E-state index is -0.0162. The average Bonchev–Trinajstić information content (AvgIpc) is 2.85. The summed E-state index contributed by atoms with van der Waals surface area (Å²) in [6.07, 6.45) is 2.34. The number of nitrogens with zero attached hydrogens (tertiary/aromatic N) is 1. The second kappa shape index (κ2) is 7.61. The molecule has 120 valence electrons. The van der Waals surface area contributed by atoms with E-state index in [1.807, 2.05) is 19.1 Å². The zero-order valence-corrected chi connectivity index (χ0v) is 14.5. The molecule has 5 heteroatoms. The third-order valence-corrected chi connectivity index (χ3v) is 4.52. The molecule has 0 unspecified atom stereocenters. The van der Waals surface area contributed by atoms with E-state index in [2.05, 4.69) is 29.9 Å². The summed E-state index contributed by atoms with van der Waals surface area (Å²) in [6, 6.07) is 6.03. The summed E-state index contributed by atoms with van der Waals surface area (Å²) in [4.78, 5) is 18.2. The normalized spacial score (nSPS) is 11.1. The predicted octanol–water partition coefficient (Wildman–Crippen LogP) is 3.65. The minimum absolute atomic E-state index is 0.0162. The van der Waals surface area contributed by atoms with Crippen LogP contribution in [0.4, 0.5) is 0 Å². The fraction of sp³-hybridized carbons (Fsp3) is 0.471. The molecule has 1 aromatic heterocycles. The Morgan fingerprint density at radius 2 is 2.14 bits per heavy atom. The van der Waals surface area contributed by atoms with Gasteiger partial charge in [-0.25, -0.2) is 0 Å². The SMILES string of the molecule is CCCCN(C)Cc1sc(=O)[nH]c1-c1cc(C)ccc1OC. The number of aryl methyl sites for hydroxylation is 1. The molecule has 22 heavy (non-hydrogen) atoms. The van der Waals surface area contributed by atoms with Gasteiger partial charge in [-0.2, -0.15) is 0 Å². The molecule has 1 aromatic carbocycles. The summed E-state index contributed by atoms with van der Waals surface area (Å²) < 4.78 is 5.46. The minimum Gasteiger partial charge on any atom is -0.496 e. The van der Waals surface area contributed by atoms with Gasteiger partial charge in [0.1, 0.15) is 5.75 Å². The number of benzene rings is 1. The number of aromatic amines is 1. The third kappa shape index (κ3) is 3.99. The van der Waals surface area contributed by atoms with Crippen LogP contribution in [0.2, 0.25) is 0 Å². The number of rotatable bonds is 7. The highest BCUT2D eigenvalue weighted by molar-refractivity contribution is 7.09. The van der Waals surface area contributed by atoms with E-state index in [9.17, 15) is 4.79 Å². The standard InChI is InChI=1S/C17H24N2O2S/c1-5-6-9-19(3)11-15-16(18-17(20)22-15)13-10-12(2)7-8-14(13)21-4/h7-8,10H,5-6,9,11H2,1-4H3,(H,18,20). The molecule has 4 nitrogen and oxygen atoms in total. The molecular weight excluding hydrogens is 296 g/mol. The first-order valence-electron chi connectivity index (χ1n) is 7.60. The Kier molecular flexibility index (Phi) is 5.80. The van der Waals surface area contributed by atoms with Crippen LogP contribution in [0.3, 0.4) is 0 Å². The van der Waals surface area contributed by atoms with Crippen molar-refractivity contribution in [3.05, 3.63) is 38.3 Å². The van der Waals surface area contributed by atoms with E-state index in [4.69, 9.17) is 4.74 Å². The van der Waals surface area contributed by atoms with Crippen molar-refractivity contribution in [1.29, 1.82) is 0 Å². The van der Waals surface area contributed by atoms with E-state index >= 15 is 0 Å². The zero-order chi connectivity index (χ0) is 16.1. The lowest BCUT2D eigenvalue weighted by Gasteiger charge is -2.16. The Labute approximate surface area is 135 Å². The Balaban J connectivity index is 2.36. The molecule has 0 spiro atoms. The maximum absolute atomic E-state index is 11.9. The number of H-pyrrole nitrogens is 1. The number of unbranched alkanes of at least 4 members (excludes halogenated alkanes) is 1. The van der Waals surface area contributed by atoms with Crippen molar-refractivity contribution < 1.29 is 4.74 Å². The molecule has 2 rings (SSSR count). The molecule has 0 saturated heterocycles. The fourth-order valence-corrected chi connectivity index (χ4v) is 3.38. The number of ether oxygens (including phenoxy) is 1. The van der Waals surface area contributed by atoms with Gasteiger partial charge in [0.15, 0.2) is 0 Å². The van der Waals surface area contributed by atoms with Crippen molar-refractivity contribution in [3.8, 4) is 17.0 Å². The Bertz CT molecular complexity index is 676. The van der Waals surface area contributed by atoms with Gasteiger partial charge in [-0.3, -0.25) is 4.79 Å². The van der Waals surface area contributed by atoms with Crippen LogP contribution >= 0.6 is 11.3 Å². The van der Waals surface area contributed by atoms with Gasteiger partial charge >= 0.3 is 4.87 Å². The Morgan fingerprint density at radius 3 is 2.82 bits per heavy atom. The molecule has 1 heterocycles. The van der Waals surface area contributed by atoms with Gasteiger partial charge in [0.2, 0.25) is 0 Å². The highest BCUT2D eigenvalue weighted by Gasteiger charge is 2.16. The molecule has 0 amide bonds. The van der Waals surface area contributed by atoms with E-state index in [1.54, 1.807) is 7.11 Å². The number of aromatic nitrogens is 1. The van der Waals surface area contributed by atoms with Gasteiger partial charge in [-0.15, -0.1) is 0 Å². The fourth-order valence-electron chi connectivity index (χ4n) is 2.46. The number of thiazole rings is 1.